The quantitative estimate of drug-likeness (QED) is 0.632. The van der Waals surface area contributed by atoms with Crippen LogP contribution in [0.1, 0.15) is 29.4 Å². The number of nitrogens with zero attached hydrogens (tertiary/aromatic N) is 1. The van der Waals surface area contributed by atoms with Crippen LogP contribution < -0.4 is 5.73 Å². The van der Waals surface area contributed by atoms with Gasteiger partial charge in [-0.05, 0) is 53.6 Å². The second-order valence-corrected chi connectivity index (χ2v) is 6.84. The van der Waals surface area contributed by atoms with Gasteiger partial charge in [0.05, 0.1) is 24.1 Å². The van der Waals surface area contributed by atoms with Crippen molar-refractivity contribution in [3.63, 3.8) is 0 Å². The second-order valence-electron chi connectivity index (χ2n) is 6.84. The van der Waals surface area contributed by atoms with Crippen LogP contribution in [0.5, 0.6) is 5.75 Å². The van der Waals surface area contributed by atoms with Crippen molar-refractivity contribution in [3.8, 4) is 5.75 Å². The molecule has 1 aromatic heterocycles. The predicted octanol–water partition coefficient (Wildman–Crippen LogP) is 4.68. The Hall–Kier alpha value is -3.90. The predicted molar refractivity (Wildman–Crippen MR) is 127 cm³/mol. The molecule has 1 unspecified atom stereocenters. The SMILES string of the molecule is C=Cc1ccc(COC2=CC=CC(OCc3ccc(O)cc3)C=C2)nc1C=C.CC(N)=O. The Labute approximate surface area is 188 Å². The molecule has 3 rings (SSSR count). The number of pyridine rings is 1. The third-order valence-electron chi connectivity index (χ3n) is 4.21. The average molecular weight is 433 g/mol. The summed E-state index contributed by atoms with van der Waals surface area (Å²) in [5.74, 6) is 0.652. The van der Waals surface area contributed by atoms with Crippen LogP contribution in [0.3, 0.4) is 0 Å². The molecule has 1 heterocycles. The molecular formula is C26H28N2O4. The summed E-state index contributed by atoms with van der Waals surface area (Å²) in [5, 5.41) is 9.33. The van der Waals surface area contributed by atoms with E-state index in [-0.39, 0.29) is 17.8 Å². The number of aromatic hydroxyl groups is 1. The van der Waals surface area contributed by atoms with Crippen LogP contribution in [0, 0.1) is 0 Å². The maximum Gasteiger partial charge on any atom is 0.214 e. The van der Waals surface area contributed by atoms with E-state index in [2.05, 4.69) is 23.9 Å². The first-order valence-corrected chi connectivity index (χ1v) is 10.0. The molecule has 2 aromatic rings. The Morgan fingerprint density at radius 2 is 1.84 bits per heavy atom. The number of primary amides is 1. The van der Waals surface area contributed by atoms with Gasteiger partial charge in [-0.15, -0.1) is 0 Å². The van der Waals surface area contributed by atoms with Gasteiger partial charge in [0.2, 0.25) is 5.91 Å². The van der Waals surface area contributed by atoms with Crippen molar-refractivity contribution in [3.05, 3.63) is 108 Å². The van der Waals surface area contributed by atoms with Crippen molar-refractivity contribution in [2.24, 2.45) is 5.73 Å². The van der Waals surface area contributed by atoms with Crippen molar-refractivity contribution < 1.29 is 19.4 Å². The van der Waals surface area contributed by atoms with Crippen LogP contribution in [0.4, 0.5) is 0 Å². The highest BCUT2D eigenvalue weighted by molar-refractivity contribution is 5.70. The summed E-state index contributed by atoms with van der Waals surface area (Å²) in [6.45, 7) is 9.69. The Balaban J connectivity index is 0.000000837. The molecule has 3 N–H and O–H groups in total. The number of carbonyl (C=O) groups is 1. The van der Waals surface area contributed by atoms with E-state index in [4.69, 9.17) is 9.47 Å². The molecule has 1 aliphatic carbocycles. The third kappa shape index (κ3) is 8.45. The van der Waals surface area contributed by atoms with Gasteiger partial charge in [0, 0.05) is 6.92 Å². The number of phenolic OH excluding ortho intramolecular Hbond substituents is 1. The number of nitrogens with two attached hydrogens (primary N) is 1. The normalized spacial score (nSPS) is 14.4. The van der Waals surface area contributed by atoms with Crippen molar-refractivity contribution in [2.75, 3.05) is 0 Å². The lowest BCUT2D eigenvalue weighted by molar-refractivity contribution is -0.115. The number of ether oxygens (including phenoxy) is 2. The van der Waals surface area contributed by atoms with E-state index in [9.17, 15) is 9.90 Å². The Morgan fingerprint density at radius 1 is 1.12 bits per heavy atom. The summed E-state index contributed by atoms with van der Waals surface area (Å²) in [4.78, 5) is 13.8. The highest BCUT2D eigenvalue weighted by Gasteiger charge is 2.06. The summed E-state index contributed by atoms with van der Waals surface area (Å²) in [6, 6.07) is 10.9. The van der Waals surface area contributed by atoms with Crippen LogP contribution >= 0.6 is 0 Å². The van der Waals surface area contributed by atoms with Gasteiger partial charge in [-0.1, -0.05) is 49.6 Å². The fraction of sp³-hybridized carbons (Fsp3) is 0.154. The summed E-state index contributed by atoms with van der Waals surface area (Å²) in [7, 11) is 0. The molecule has 0 spiro atoms. The molecule has 0 saturated carbocycles. The second kappa shape index (κ2) is 12.7. The first kappa shape index (κ1) is 24.4. The van der Waals surface area contributed by atoms with Gasteiger partial charge >= 0.3 is 0 Å². The molecule has 1 aliphatic rings. The van der Waals surface area contributed by atoms with Crippen LogP contribution in [-0.2, 0) is 27.5 Å². The summed E-state index contributed by atoms with van der Waals surface area (Å²) in [5.41, 5.74) is 8.04. The van der Waals surface area contributed by atoms with Gasteiger partial charge in [-0.3, -0.25) is 4.79 Å². The van der Waals surface area contributed by atoms with Crippen LogP contribution in [-0.4, -0.2) is 22.1 Å². The number of carbonyl (C=O) groups excluding carboxylic acids is 1. The van der Waals surface area contributed by atoms with Gasteiger partial charge < -0.3 is 20.3 Å². The topological polar surface area (TPSA) is 94.7 Å². The van der Waals surface area contributed by atoms with Crippen molar-refractivity contribution in [1.82, 2.24) is 4.98 Å². The minimum Gasteiger partial charge on any atom is -0.508 e. The van der Waals surface area contributed by atoms with Gasteiger partial charge in [0.25, 0.3) is 0 Å². The zero-order valence-corrected chi connectivity index (χ0v) is 18.1. The number of allylic oxidation sites excluding steroid dienone is 3. The highest BCUT2D eigenvalue weighted by atomic mass is 16.5. The summed E-state index contributed by atoms with van der Waals surface area (Å²) in [6.07, 6.45) is 12.9. The van der Waals surface area contributed by atoms with Crippen LogP contribution in [0.15, 0.2) is 85.7 Å². The Morgan fingerprint density at radius 3 is 2.50 bits per heavy atom. The lowest BCUT2D eigenvalue weighted by Gasteiger charge is -2.10. The Kier molecular flexibility index (Phi) is 9.69. The minimum absolute atomic E-state index is 0.150. The molecule has 0 bridgehead atoms. The smallest absolute Gasteiger partial charge is 0.214 e. The van der Waals surface area contributed by atoms with Crippen molar-refractivity contribution >= 4 is 18.1 Å². The maximum absolute atomic E-state index is 9.33. The van der Waals surface area contributed by atoms with Gasteiger partial charge in [0.15, 0.2) is 0 Å². The van der Waals surface area contributed by atoms with Gasteiger partial charge in [0.1, 0.15) is 18.1 Å². The average Bonchev–Trinajstić information content (AvgIpc) is 3.02. The monoisotopic (exact) mass is 432 g/mol. The standard InChI is InChI=1S/C24H23NO3.C2H5NO/c1-3-19-10-11-20(25-24(19)4-2)17-28-23-7-5-6-22(14-15-23)27-16-18-8-12-21(26)13-9-18;1-2(3)4/h3-15,22,26H,1-2,16-17H2;1H3,(H2,3,4). The first-order valence-electron chi connectivity index (χ1n) is 10.0. The van der Waals surface area contributed by atoms with E-state index in [1.165, 1.54) is 6.92 Å². The van der Waals surface area contributed by atoms with E-state index >= 15 is 0 Å². The van der Waals surface area contributed by atoms with Crippen LogP contribution in [0.2, 0.25) is 0 Å². The van der Waals surface area contributed by atoms with Gasteiger partial charge in [-0.25, -0.2) is 4.98 Å². The molecule has 166 valence electrons. The van der Waals surface area contributed by atoms with Crippen LogP contribution in [0.25, 0.3) is 12.2 Å². The molecule has 6 nitrogen and oxygen atoms in total. The number of amides is 1. The molecule has 0 radical (unpaired) electrons. The lowest BCUT2D eigenvalue weighted by atomic mass is 10.1. The number of hydrogen-bond donors (Lipinski definition) is 2. The molecule has 32 heavy (non-hydrogen) atoms. The fourth-order valence-electron chi connectivity index (χ4n) is 2.66. The number of aromatic nitrogens is 1. The first-order chi connectivity index (χ1) is 15.4. The van der Waals surface area contributed by atoms with E-state index in [1.54, 1.807) is 24.3 Å². The largest absolute Gasteiger partial charge is 0.508 e. The number of phenols is 1. The van der Waals surface area contributed by atoms with E-state index in [1.807, 2.05) is 54.6 Å². The van der Waals surface area contributed by atoms with Gasteiger partial charge in [-0.2, -0.15) is 0 Å². The number of benzene rings is 1. The van der Waals surface area contributed by atoms with E-state index < -0.39 is 0 Å². The van der Waals surface area contributed by atoms with E-state index in [0.717, 1.165) is 28.3 Å². The lowest BCUT2D eigenvalue weighted by Crippen LogP contribution is -2.06. The molecule has 1 atom stereocenters. The highest BCUT2D eigenvalue weighted by Crippen LogP contribution is 2.16. The minimum atomic E-state index is -0.333. The summed E-state index contributed by atoms with van der Waals surface area (Å²) >= 11 is 0. The zero-order chi connectivity index (χ0) is 23.3. The molecule has 0 saturated heterocycles. The van der Waals surface area contributed by atoms with Crippen molar-refractivity contribution in [2.45, 2.75) is 26.2 Å². The number of rotatable bonds is 8. The fourth-order valence-corrected chi connectivity index (χ4v) is 2.66. The Bertz CT molecular complexity index is 1020. The van der Waals surface area contributed by atoms with E-state index in [0.29, 0.717) is 13.2 Å². The van der Waals surface area contributed by atoms with Crippen molar-refractivity contribution in [1.29, 1.82) is 0 Å². The zero-order valence-electron chi connectivity index (χ0n) is 18.1. The summed E-state index contributed by atoms with van der Waals surface area (Å²) < 4.78 is 11.7. The maximum atomic E-state index is 9.33. The molecule has 6 heteroatoms. The number of hydrogen-bond acceptors (Lipinski definition) is 5. The third-order valence-corrected chi connectivity index (χ3v) is 4.21. The molecule has 0 aliphatic heterocycles. The molecular weight excluding hydrogens is 404 g/mol. The molecule has 1 aromatic carbocycles. The molecule has 0 fully saturated rings. The molecule has 1 amide bonds.